The van der Waals surface area contributed by atoms with Gasteiger partial charge in [0, 0.05) is 6.54 Å². The highest BCUT2D eigenvalue weighted by molar-refractivity contribution is 7.91. The van der Waals surface area contributed by atoms with Gasteiger partial charge in [-0.2, -0.15) is 0 Å². The third-order valence-corrected chi connectivity index (χ3v) is 4.50. The smallest absolute Gasteiger partial charge is 0.328 e. The van der Waals surface area contributed by atoms with Gasteiger partial charge in [-0.1, -0.05) is 0 Å². The molecule has 2 amide bonds. The molecule has 1 aliphatic rings. The van der Waals surface area contributed by atoms with Crippen LogP contribution in [0.2, 0.25) is 0 Å². The van der Waals surface area contributed by atoms with E-state index < -0.39 is 34.5 Å². The Hall–Kier alpha value is -1.35. The number of sulfone groups is 1. The summed E-state index contributed by atoms with van der Waals surface area (Å²) in [7, 11) is -2.99. The molecular weight excluding hydrogens is 264 g/mol. The number of carboxylic acids is 1. The molecule has 0 saturated carbocycles. The number of aliphatic hydroxyl groups excluding tert-OH is 1. The quantitative estimate of drug-likeness (QED) is 0.468. The zero-order valence-electron chi connectivity index (χ0n) is 9.63. The number of amides is 2. The monoisotopic (exact) mass is 280 g/mol. The van der Waals surface area contributed by atoms with Crippen molar-refractivity contribution in [2.75, 3.05) is 24.7 Å². The molecule has 9 heteroatoms. The fourth-order valence-corrected chi connectivity index (χ4v) is 3.53. The molecule has 4 N–H and O–H groups in total. The predicted octanol–water partition coefficient (Wildman–Crippen LogP) is -1.83. The number of hydrogen-bond donors (Lipinski definition) is 4. The number of aliphatic hydroxyl groups is 1. The zero-order valence-corrected chi connectivity index (χ0v) is 10.4. The number of rotatable bonds is 5. The van der Waals surface area contributed by atoms with Crippen molar-refractivity contribution in [2.24, 2.45) is 5.92 Å². The summed E-state index contributed by atoms with van der Waals surface area (Å²) in [6.07, 6.45) is 0.491. The summed E-state index contributed by atoms with van der Waals surface area (Å²) in [5.74, 6) is -1.32. The number of carboxylic acid groups (broad SMARTS) is 1. The summed E-state index contributed by atoms with van der Waals surface area (Å²) in [5, 5.41) is 21.7. The number of carbonyl (C=O) groups is 2. The van der Waals surface area contributed by atoms with Gasteiger partial charge >= 0.3 is 12.0 Å². The molecule has 8 nitrogen and oxygen atoms in total. The lowest BCUT2D eigenvalue weighted by Gasteiger charge is -2.14. The van der Waals surface area contributed by atoms with Gasteiger partial charge in [0.2, 0.25) is 0 Å². The molecule has 1 fully saturated rings. The van der Waals surface area contributed by atoms with Crippen molar-refractivity contribution in [3.63, 3.8) is 0 Å². The van der Waals surface area contributed by atoms with Crippen molar-refractivity contribution in [3.8, 4) is 0 Å². The first-order chi connectivity index (χ1) is 8.34. The Morgan fingerprint density at radius 2 is 2.06 bits per heavy atom. The number of hydrogen-bond acceptors (Lipinski definition) is 5. The Labute approximate surface area is 104 Å². The highest BCUT2D eigenvalue weighted by Crippen LogP contribution is 2.17. The van der Waals surface area contributed by atoms with Gasteiger partial charge in [0.1, 0.15) is 0 Å². The standard InChI is InChI=1S/C9H16N2O6S/c12-4-7(8(13)14)11-9(15)10-3-6-1-2-18(16,17)5-6/h6-7,12H,1-5H2,(H,13,14)(H2,10,11,15). The number of aliphatic carboxylic acids is 1. The molecule has 1 heterocycles. The molecule has 2 atom stereocenters. The van der Waals surface area contributed by atoms with Crippen LogP contribution in [0.4, 0.5) is 4.79 Å². The number of urea groups is 1. The maximum absolute atomic E-state index is 11.3. The van der Waals surface area contributed by atoms with Crippen molar-refractivity contribution in [1.82, 2.24) is 10.6 Å². The van der Waals surface area contributed by atoms with Crippen molar-refractivity contribution in [2.45, 2.75) is 12.5 Å². The molecule has 1 saturated heterocycles. The van der Waals surface area contributed by atoms with Gasteiger partial charge in [-0.25, -0.2) is 18.0 Å². The van der Waals surface area contributed by atoms with Crippen LogP contribution in [-0.4, -0.2) is 61.3 Å². The van der Waals surface area contributed by atoms with Crippen LogP contribution in [0.3, 0.4) is 0 Å². The third-order valence-electron chi connectivity index (χ3n) is 2.66. The SMILES string of the molecule is O=C(NCC1CCS(=O)(=O)C1)NC(CO)C(=O)O. The highest BCUT2D eigenvalue weighted by atomic mass is 32.2. The first-order valence-corrected chi connectivity index (χ1v) is 7.24. The van der Waals surface area contributed by atoms with Gasteiger partial charge in [0.05, 0.1) is 18.1 Å². The Morgan fingerprint density at radius 1 is 1.39 bits per heavy atom. The maximum atomic E-state index is 11.3. The first-order valence-electron chi connectivity index (χ1n) is 5.42. The second-order valence-corrected chi connectivity index (χ2v) is 6.43. The Morgan fingerprint density at radius 3 is 2.50 bits per heavy atom. The zero-order chi connectivity index (χ0) is 13.8. The van der Waals surface area contributed by atoms with Gasteiger partial charge in [0.15, 0.2) is 15.9 Å². The van der Waals surface area contributed by atoms with Crippen LogP contribution in [-0.2, 0) is 14.6 Å². The molecule has 1 rings (SSSR count). The molecule has 0 aromatic heterocycles. The Balaban J connectivity index is 2.32. The summed E-state index contributed by atoms with van der Waals surface area (Å²) in [6.45, 7) is -0.538. The van der Waals surface area contributed by atoms with E-state index in [0.717, 1.165) is 0 Å². The van der Waals surface area contributed by atoms with E-state index in [1.165, 1.54) is 0 Å². The molecule has 18 heavy (non-hydrogen) atoms. The van der Waals surface area contributed by atoms with E-state index in [-0.39, 0.29) is 24.0 Å². The fourth-order valence-electron chi connectivity index (χ4n) is 1.66. The minimum absolute atomic E-state index is 0.0373. The Kier molecular flexibility index (Phi) is 4.91. The summed E-state index contributed by atoms with van der Waals surface area (Å²) in [5.41, 5.74) is 0. The van der Waals surface area contributed by atoms with Crippen molar-refractivity contribution >= 4 is 21.8 Å². The van der Waals surface area contributed by atoms with Crippen LogP contribution in [0.1, 0.15) is 6.42 Å². The normalized spacial score (nSPS) is 23.3. The fraction of sp³-hybridized carbons (Fsp3) is 0.778. The van der Waals surface area contributed by atoms with Gasteiger partial charge in [0.25, 0.3) is 0 Å². The lowest BCUT2D eigenvalue weighted by atomic mass is 10.1. The lowest BCUT2D eigenvalue weighted by molar-refractivity contribution is -0.140. The summed E-state index contributed by atoms with van der Waals surface area (Å²) in [6, 6.07) is -2.10. The molecular formula is C9H16N2O6S. The molecule has 0 aliphatic carbocycles. The van der Waals surface area contributed by atoms with Crippen LogP contribution in [0.15, 0.2) is 0 Å². The van der Waals surface area contributed by atoms with Crippen molar-refractivity contribution < 1.29 is 28.2 Å². The van der Waals surface area contributed by atoms with Crippen LogP contribution in [0.5, 0.6) is 0 Å². The van der Waals surface area contributed by atoms with E-state index in [4.69, 9.17) is 10.2 Å². The van der Waals surface area contributed by atoms with Gasteiger partial charge < -0.3 is 20.8 Å². The minimum Gasteiger partial charge on any atom is -0.480 e. The first kappa shape index (κ1) is 14.7. The third kappa shape index (κ3) is 4.49. The summed E-state index contributed by atoms with van der Waals surface area (Å²) < 4.78 is 22.3. The van der Waals surface area contributed by atoms with E-state index in [0.29, 0.717) is 6.42 Å². The molecule has 1 aliphatic heterocycles. The number of nitrogens with one attached hydrogen (secondary N) is 2. The average Bonchev–Trinajstić information content (AvgIpc) is 2.62. The minimum atomic E-state index is -2.99. The lowest BCUT2D eigenvalue weighted by Crippen LogP contribution is -2.48. The molecule has 0 aromatic carbocycles. The maximum Gasteiger partial charge on any atom is 0.328 e. The van der Waals surface area contributed by atoms with Crippen LogP contribution in [0.25, 0.3) is 0 Å². The van der Waals surface area contributed by atoms with E-state index in [1.807, 2.05) is 0 Å². The van der Waals surface area contributed by atoms with Gasteiger partial charge in [-0.05, 0) is 12.3 Å². The van der Waals surface area contributed by atoms with Crippen molar-refractivity contribution in [3.05, 3.63) is 0 Å². The molecule has 104 valence electrons. The average molecular weight is 280 g/mol. The Bertz CT molecular complexity index is 421. The van der Waals surface area contributed by atoms with Crippen LogP contribution < -0.4 is 10.6 Å². The number of carbonyl (C=O) groups excluding carboxylic acids is 1. The topological polar surface area (TPSA) is 133 Å². The second kappa shape index (κ2) is 6.01. The van der Waals surface area contributed by atoms with Crippen LogP contribution >= 0.6 is 0 Å². The largest absolute Gasteiger partial charge is 0.480 e. The molecule has 0 bridgehead atoms. The van der Waals surface area contributed by atoms with E-state index in [2.05, 4.69) is 10.6 Å². The van der Waals surface area contributed by atoms with E-state index >= 15 is 0 Å². The molecule has 0 spiro atoms. The van der Waals surface area contributed by atoms with Gasteiger partial charge in [-0.15, -0.1) is 0 Å². The summed E-state index contributed by atoms with van der Waals surface area (Å²) in [4.78, 5) is 21.8. The predicted molar refractivity (Wildman–Crippen MR) is 61.8 cm³/mol. The summed E-state index contributed by atoms with van der Waals surface area (Å²) >= 11 is 0. The highest BCUT2D eigenvalue weighted by Gasteiger charge is 2.28. The molecule has 2 unspecified atom stereocenters. The molecule has 0 aromatic rings. The van der Waals surface area contributed by atoms with E-state index in [1.54, 1.807) is 0 Å². The van der Waals surface area contributed by atoms with Crippen molar-refractivity contribution in [1.29, 1.82) is 0 Å². The second-order valence-electron chi connectivity index (χ2n) is 4.20. The van der Waals surface area contributed by atoms with Crippen LogP contribution in [0, 0.1) is 5.92 Å². The van der Waals surface area contributed by atoms with Gasteiger partial charge in [-0.3, -0.25) is 0 Å². The van der Waals surface area contributed by atoms with E-state index in [9.17, 15) is 18.0 Å². The molecule has 0 radical (unpaired) electrons.